The Morgan fingerprint density at radius 1 is 1.41 bits per heavy atom. The molecule has 1 saturated carbocycles. The number of halogens is 1. The minimum absolute atomic E-state index is 0.744. The molecule has 1 aromatic carbocycles. The molecule has 0 amide bonds. The Hall–Kier alpha value is -0.990. The van der Waals surface area contributed by atoms with E-state index in [4.69, 9.17) is 11.6 Å². The van der Waals surface area contributed by atoms with E-state index in [1.54, 1.807) is 0 Å². The van der Waals surface area contributed by atoms with E-state index in [0.717, 1.165) is 24.2 Å². The van der Waals surface area contributed by atoms with Crippen molar-refractivity contribution in [2.75, 3.05) is 0 Å². The van der Waals surface area contributed by atoms with Crippen LogP contribution in [-0.4, -0.2) is 10.6 Å². The normalized spacial score (nSPS) is 15.6. The standard InChI is InChI=1S/C14H17ClN2/c1-2-17-12(9-16-11-6-7-11)8-10-4-3-5-13(15)14(10)17/h3-5,8,11,16H,2,6-7,9H2,1H3. The molecule has 1 fully saturated rings. The lowest BCUT2D eigenvalue weighted by Gasteiger charge is -2.09. The number of hydrogen-bond acceptors (Lipinski definition) is 1. The Morgan fingerprint density at radius 3 is 2.94 bits per heavy atom. The number of benzene rings is 1. The van der Waals surface area contributed by atoms with Gasteiger partial charge >= 0.3 is 0 Å². The van der Waals surface area contributed by atoms with Crippen molar-refractivity contribution in [2.24, 2.45) is 0 Å². The second-order valence-electron chi connectivity index (χ2n) is 4.71. The van der Waals surface area contributed by atoms with Gasteiger partial charge in [-0.1, -0.05) is 23.7 Å². The molecule has 1 N–H and O–H groups in total. The average Bonchev–Trinajstić information content (AvgIpc) is 3.07. The maximum absolute atomic E-state index is 6.29. The van der Waals surface area contributed by atoms with E-state index >= 15 is 0 Å². The van der Waals surface area contributed by atoms with Crippen molar-refractivity contribution >= 4 is 22.5 Å². The van der Waals surface area contributed by atoms with Crippen LogP contribution >= 0.6 is 11.6 Å². The summed E-state index contributed by atoms with van der Waals surface area (Å²) in [6.45, 7) is 4.09. The molecule has 1 aromatic heterocycles. The monoisotopic (exact) mass is 248 g/mol. The molecular weight excluding hydrogens is 232 g/mol. The van der Waals surface area contributed by atoms with Crippen molar-refractivity contribution in [3.63, 3.8) is 0 Å². The van der Waals surface area contributed by atoms with Crippen LogP contribution in [0.15, 0.2) is 24.3 Å². The predicted molar refractivity (Wildman–Crippen MR) is 72.5 cm³/mol. The number of rotatable bonds is 4. The second-order valence-corrected chi connectivity index (χ2v) is 5.12. The Morgan fingerprint density at radius 2 is 2.24 bits per heavy atom. The Balaban J connectivity index is 2.01. The molecule has 3 heteroatoms. The van der Waals surface area contributed by atoms with Crippen LogP contribution in [0.4, 0.5) is 0 Å². The van der Waals surface area contributed by atoms with Gasteiger partial charge in [0, 0.05) is 30.2 Å². The number of nitrogens with zero attached hydrogens (tertiary/aromatic N) is 1. The number of aryl methyl sites for hydroxylation is 1. The van der Waals surface area contributed by atoms with Gasteiger partial charge < -0.3 is 9.88 Å². The van der Waals surface area contributed by atoms with Crippen molar-refractivity contribution in [1.82, 2.24) is 9.88 Å². The number of nitrogens with one attached hydrogen (secondary N) is 1. The highest BCUT2D eigenvalue weighted by Crippen LogP contribution is 2.27. The molecule has 90 valence electrons. The van der Waals surface area contributed by atoms with Gasteiger partial charge in [0.25, 0.3) is 0 Å². The van der Waals surface area contributed by atoms with Crippen LogP contribution in [0.2, 0.25) is 5.02 Å². The van der Waals surface area contributed by atoms with E-state index in [9.17, 15) is 0 Å². The largest absolute Gasteiger partial charge is 0.342 e. The average molecular weight is 249 g/mol. The first kappa shape index (κ1) is 11.1. The SMILES string of the molecule is CCn1c(CNC2CC2)cc2cccc(Cl)c21. The Bertz CT molecular complexity index is 540. The smallest absolute Gasteiger partial charge is 0.0672 e. The van der Waals surface area contributed by atoms with Crippen molar-refractivity contribution in [3.8, 4) is 0 Å². The first-order valence-corrected chi connectivity index (χ1v) is 6.67. The molecular formula is C14H17ClN2. The molecule has 0 aliphatic heterocycles. The quantitative estimate of drug-likeness (QED) is 0.876. The zero-order valence-corrected chi connectivity index (χ0v) is 10.8. The van der Waals surface area contributed by atoms with Gasteiger partial charge in [0.1, 0.15) is 0 Å². The van der Waals surface area contributed by atoms with E-state index in [-0.39, 0.29) is 0 Å². The lowest BCUT2D eigenvalue weighted by Crippen LogP contribution is -2.17. The molecule has 0 spiro atoms. The van der Waals surface area contributed by atoms with Crippen LogP contribution in [0.5, 0.6) is 0 Å². The molecule has 1 aliphatic rings. The van der Waals surface area contributed by atoms with Gasteiger partial charge in [-0.05, 0) is 31.9 Å². The lowest BCUT2D eigenvalue weighted by molar-refractivity contribution is 0.634. The highest BCUT2D eigenvalue weighted by Gasteiger charge is 2.21. The van der Waals surface area contributed by atoms with Gasteiger partial charge in [-0.25, -0.2) is 0 Å². The molecule has 0 bridgehead atoms. The third-order valence-electron chi connectivity index (χ3n) is 3.42. The summed E-state index contributed by atoms with van der Waals surface area (Å²) < 4.78 is 2.31. The van der Waals surface area contributed by atoms with Gasteiger partial charge in [-0.2, -0.15) is 0 Å². The summed E-state index contributed by atoms with van der Waals surface area (Å²) in [6, 6.07) is 9.11. The number of aromatic nitrogens is 1. The molecule has 0 unspecified atom stereocenters. The van der Waals surface area contributed by atoms with Crippen LogP contribution in [0.1, 0.15) is 25.5 Å². The molecule has 0 saturated heterocycles. The van der Waals surface area contributed by atoms with Gasteiger partial charge in [0.15, 0.2) is 0 Å². The fourth-order valence-electron chi connectivity index (χ4n) is 2.38. The van der Waals surface area contributed by atoms with E-state index in [0.29, 0.717) is 0 Å². The van der Waals surface area contributed by atoms with Crippen molar-refractivity contribution in [1.29, 1.82) is 0 Å². The van der Waals surface area contributed by atoms with Gasteiger partial charge in [0.05, 0.1) is 10.5 Å². The van der Waals surface area contributed by atoms with Crippen LogP contribution in [-0.2, 0) is 13.1 Å². The minimum Gasteiger partial charge on any atom is -0.342 e. The third-order valence-corrected chi connectivity index (χ3v) is 3.73. The molecule has 3 rings (SSSR count). The number of hydrogen-bond donors (Lipinski definition) is 1. The Kier molecular flexibility index (Phi) is 2.85. The fourth-order valence-corrected chi connectivity index (χ4v) is 2.66. The first-order chi connectivity index (χ1) is 8.29. The van der Waals surface area contributed by atoms with Gasteiger partial charge in [-0.3, -0.25) is 0 Å². The summed E-state index contributed by atoms with van der Waals surface area (Å²) in [4.78, 5) is 0. The molecule has 17 heavy (non-hydrogen) atoms. The zero-order valence-electron chi connectivity index (χ0n) is 10.0. The lowest BCUT2D eigenvalue weighted by atomic mass is 10.2. The van der Waals surface area contributed by atoms with Crippen LogP contribution < -0.4 is 5.32 Å². The van der Waals surface area contributed by atoms with Gasteiger partial charge in [0.2, 0.25) is 0 Å². The maximum atomic E-state index is 6.29. The van der Waals surface area contributed by atoms with E-state index in [1.807, 2.05) is 12.1 Å². The topological polar surface area (TPSA) is 17.0 Å². The highest BCUT2D eigenvalue weighted by molar-refractivity contribution is 6.35. The van der Waals surface area contributed by atoms with Crippen LogP contribution in [0, 0.1) is 0 Å². The molecule has 0 radical (unpaired) electrons. The second kappa shape index (κ2) is 4.35. The van der Waals surface area contributed by atoms with E-state index < -0.39 is 0 Å². The van der Waals surface area contributed by atoms with Gasteiger partial charge in [-0.15, -0.1) is 0 Å². The van der Waals surface area contributed by atoms with Crippen molar-refractivity contribution < 1.29 is 0 Å². The van der Waals surface area contributed by atoms with E-state index in [2.05, 4.69) is 28.9 Å². The maximum Gasteiger partial charge on any atom is 0.0672 e. The zero-order chi connectivity index (χ0) is 11.8. The molecule has 2 nitrogen and oxygen atoms in total. The summed E-state index contributed by atoms with van der Waals surface area (Å²) >= 11 is 6.29. The highest BCUT2D eigenvalue weighted by atomic mass is 35.5. The Labute approximate surface area is 107 Å². The van der Waals surface area contributed by atoms with Crippen LogP contribution in [0.3, 0.4) is 0 Å². The molecule has 1 aliphatic carbocycles. The predicted octanol–water partition coefficient (Wildman–Crippen LogP) is 3.57. The van der Waals surface area contributed by atoms with Crippen LogP contribution in [0.25, 0.3) is 10.9 Å². The van der Waals surface area contributed by atoms with E-state index in [1.165, 1.54) is 29.4 Å². The summed E-state index contributed by atoms with van der Waals surface area (Å²) in [5, 5.41) is 5.66. The first-order valence-electron chi connectivity index (χ1n) is 6.29. The summed E-state index contributed by atoms with van der Waals surface area (Å²) in [7, 11) is 0. The van der Waals surface area contributed by atoms with Crippen molar-refractivity contribution in [3.05, 3.63) is 35.0 Å². The summed E-state index contributed by atoms with van der Waals surface area (Å²) in [5.74, 6) is 0. The fraction of sp³-hybridized carbons (Fsp3) is 0.429. The number of para-hydroxylation sites is 1. The third kappa shape index (κ3) is 2.07. The summed E-state index contributed by atoms with van der Waals surface area (Å²) in [6.07, 6.45) is 2.65. The molecule has 1 heterocycles. The molecule has 0 atom stereocenters. The minimum atomic E-state index is 0.744. The summed E-state index contributed by atoms with van der Waals surface area (Å²) in [5.41, 5.74) is 2.51. The molecule has 2 aromatic rings. The van der Waals surface area contributed by atoms with Crippen molar-refractivity contribution in [2.45, 2.75) is 38.9 Å². The number of fused-ring (bicyclic) bond motifs is 1.